The van der Waals surface area contributed by atoms with Crippen LogP contribution in [0.2, 0.25) is 0 Å². The number of furan rings is 1. The summed E-state index contributed by atoms with van der Waals surface area (Å²) in [7, 11) is 0. The number of hydrogen-bond acceptors (Lipinski definition) is 1. The second-order valence-electron chi connectivity index (χ2n) is 5.90. The van der Waals surface area contributed by atoms with Crippen LogP contribution in [0.15, 0.2) is 71.1 Å². The summed E-state index contributed by atoms with van der Waals surface area (Å²) in [6.07, 6.45) is 0. The SMILES string of the molecule is Cc1ccc2c(c1)oc1c3ccccc3c3ccccc3c21. The van der Waals surface area contributed by atoms with E-state index in [4.69, 9.17) is 4.42 Å². The molecule has 4 aromatic carbocycles. The lowest BCUT2D eigenvalue weighted by molar-refractivity contribution is 0.672. The van der Waals surface area contributed by atoms with Crippen LogP contribution in [0.4, 0.5) is 0 Å². The molecule has 1 aromatic heterocycles. The molecule has 0 saturated heterocycles. The summed E-state index contributed by atoms with van der Waals surface area (Å²) < 4.78 is 6.25. The molecule has 22 heavy (non-hydrogen) atoms. The van der Waals surface area contributed by atoms with E-state index in [-0.39, 0.29) is 0 Å². The predicted octanol–water partition coefficient (Wildman–Crippen LogP) is 6.20. The van der Waals surface area contributed by atoms with Gasteiger partial charge in [-0.15, -0.1) is 0 Å². The number of hydrogen-bond donors (Lipinski definition) is 0. The minimum absolute atomic E-state index is 0.969. The third-order valence-corrected chi connectivity index (χ3v) is 4.50. The lowest BCUT2D eigenvalue weighted by Gasteiger charge is -2.05. The Morgan fingerprint density at radius 2 is 1.27 bits per heavy atom. The van der Waals surface area contributed by atoms with Gasteiger partial charge < -0.3 is 4.42 Å². The maximum atomic E-state index is 6.25. The molecular formula is C21H14O. The number of benzene rings is 4. The van der Waals surface area contributed by atoms with Crippen LogP contribution < -0.4 is 0 Å². The minimum atomic E-state index is 0.969. The lowest BCUT2D eigenvalue weighted by Crippen LogP contribution is -1.79. The first kappa shape index (κ1) is 11.8. The maximum Gasteiger partial charge on any atom is 0.143 e. The Bertz CT molecular complexity index is 1180. The smallest absolute Gasteiger partial charge is 0.143 e. The molecular weight excluding hydrogens is 268 g/mol. The van der Waals surface area contributed by atoms with E-state index in [9.17, 15) is 0 Å². The third-order valence-electron chi connectivity index (χ3n) is 4.50. The quantitative estimate of drug-likeness (QED) is 0.308. The molecule has 0 aliphatic heterocycles. The van der Waals surface area contributed by atoms with Crippen LogP contribution in [0, 0.1) is 6.92 Å². The average molecular weight is 282 g/mol. The highest BCUT2D eigenvalue weighted by Gasteiger charge is 2.14. The zero-order valence-electron chi connectivity index (χ0n) is 12.3. The molecule has 104 valence electrons. The minimum Gasteiger partial charge on any atom is -0.455 e. The third kappa shape index (κ3) is 1.43. The second kappa shape index (κ2) is 4.11. The van der Waals surface area contributed by atoms with Crippen molar-refractivity contribution in [2.75, 3.05) is 0 Å². The molecule has 1 heterocycles. The zero-order valence-corrected chi connectivity index (χ0v) is 12.3. The van der Waals surface area contributed by atoms with Crippen molar-refractivity contribution >= 4 is 43.5 Å². The fraction of sp³-hybridized carbons (Fsp3) is 0.0476. The van der Waals surface area contributed by atoms with Crippen molar-refractivity contribution in [2.45, 2.75) is 6.92 Å². The van der Waals surface area contributed by atoms with Crippen LogP contribution in [0.25, 0.3) is 43.5 Å². The van der Waals surface area contributed by atoms with Gasteiger partial charge in [0, 0.05) is 16.2 Å². The largest absolute Gasteiger partial charge is 0.455 e. The summed E-state index contributed by atoms with van der Waals surface area (Å²) in [5.41, 5.74) is 3.19. The molecule has 0 aliphatic rings. The van der Waals surface area contributed by atoms with Gasteiger partial charge in [-0.25, -0.2) is 0 Å². The van der Waals surface area contributed by atoms with E-state index >= 15 is 0 Å². The van der Waals surface area contributed by atoms with Gasteiger partial charge in [0.25, 0.3) is 0 Å². The zero-order chi connectivity index (χ0) is 14.7. The Balaban J connectivity index is 2.21. The van der Waals surface area contributed by atoms with Crippen LogP contribution in [-0.2, 0) is 0 Å². The van der Waals surface area contributed by atoms with Crippen molar-refractivity contribution in [1.29, 1.82) is 0 Å². The highest BCUT2D eigenvalue weighted by molar-refractivity contribution is 6.30. The highest BCUT2D eigenvalue weighted by Crippen LogP contribution is 2.40. The van der Waals surface area contributed by atoms with Crippen LogP contribution in [-0.4, -0.2) is 0 Å². The molecule has 5 rings (SSSR count). The van der Waals surface area contributed by atoms with E-state index in [2.05, 4.69) is 73.7 Å². The van der Waals surface area contributed by atoms with Gasteiger partial charge in [-0.1, -0.05) is 60.7 Å². The Labute approximate surface area is 127 Å². The lowest BCUT2D eigenvalue weighted by atomic mass is 9.97. The molecule has 0 spiro atoms. The molecule has 0 saturated carbocycles. The first-order chi connectivity index (χ1) is 10.8. The first-order valence-electron chi connectivity index (χ1n) is 7.55. The highest BCUT2D eigenvalue weighted by atomic mass is 16.3. The molecule has 0 N–H and O–H groups in total. The fourth-order valence-corrected chi connectivity index (χ4v) is 3.51. The molecule has 1 heteroatoms. The topological polar surface area (TPSA) is 13.1 Å². The Kier molecular flexibility index (Phi) is 2.21. The number of fused-ring (bicyclic) bond motifs is 8. The van der Waals surface area contributed by atoms with E-state index in [0.717, 1.165) is 11.2 Å². The normalized spacial score (nSPS) is 11.9. The molecule has 0 fully saturated rings. The van der Waals surface area contributed by atoms with E-state index in [0.29, 0.717) is 0 Å². The summed E-state index contributed by atoms with van der Waals surface area (Å²) in [6, 6.07) is 23.6. The van der Waals surface area contributed by atoms with Crippen molar-refractivity contribution in [3.8, 4) is 0 Å². The average Bonchev–Trinajstić information content (AvgIpc) is 2.94. The Morgan fingerprint density at radius 1 is 0.636 bits per heavy atom. The van der Waals surface area contributed by atoms with Gasteiger partial charge in [0.15, 0.2) is 0 Å². The van der Waals surface area contributed by atoms with Crippen molar-refractivity contribution in [3.05, 3.63) is 72.3 Å². The standard InChI is InChI=1S/C21H14O/c1-13-10-11-18-19(12-13)22-21-17-9-5-3-7-15(17)14-6-2-4-8-16(14)20(18)21/h2-12H,1H3. The summed E-state index contributed by atoms with van der Waals surface area (Å²) in [6.45, 7) is 2.10. The summed E-state index contributed by atoms with van der Waals surface area (Å²) in [5, 5.41) is 7.41. The summed E-state index contributed by atoms with van der Waals surface area (Å²) in [4.78, 5) is 0. The van der Waals surface area contributed by atoms with Crippen molar-refractivity contribution in [3.63, 3.8) is 0 Å². The molecule has 0 aliphatic carbocycles. The van der Waals surface area contributed by atoms with Crippen molar-refractivity contribution < 1.29 is 4.42 Å². The van der Waals surface area contributed by atoms with Gasteiger partial charge in [0.2, 0.25) is 0 Å². The Hall–Kier alpha value is -2.80. The second-order valence-corrected chi connectivity index (χ2v) is 5.90. The molecule has 1 nitrogen and oxygen atoms in total. The van der Waals surface area contributed by atoms with Crippen molar-refractivity contribution in [2.24, 2.45) is 0 Å². The van der Waals surface area contributed by atoms with Crippen LogP contribution >= 0.6 is 0 Å². The summed E-state index contributed by atoms with van der Waals surface area (Å²) >= 11 is 0. The number of rotatable bonds is 0. The summed E-state index contributed by atoms with van der Waals surface area (Å²) in [5.74, 6) is 0. The van der Waals surface area contributed by atoms with Crippen LogP contribution in [0.1, 0.15) is 5.56 Å². The van der Waals surface area contributed by atoms with Crippen LogP contribution in [0.3, 0.4) is 0 Å². The van der Waals surface area contributed by atoms with Gasteiger partial charge in [-0.2, -0.15) is 0 Å². The van der Waals surface area contributed by atoms with Crippen LogP contribution in [0.5, 0.6) is 0 Å². The number of aryl methyl sites for hydroxylation is 1. The molecule has 0 radical (unpaired) electrons. The van der Waals surface area contributed by atoms with Gasteiger partial charge >= 0.3 is 0 Å². The first-order valence-corrected chi connectivity index (χ1v) is 7.55. The Morgan fingerprint density at radius 3 is 2.05 bits per heavy atom. The predicted molar refractivity (Wildman–Crippen MR) is 93.5 cm³/mol. The fourth-order valence-electron chi connectivity index (χ4n) is 3.51. The van der Waals surface area contributed by atoms with Gasteiger partial charge in [-0.05, 0) is 34.7 Å². The molecule has 0 unspecified atom stereocenters. The molecule has 5 aromatic rings. The molecule has 0 bridgehead atoms. The van der Waals surface area contributed by atoms with Gasteiger partial charge in [0.05, 0.1) is 0 Å². The van der Waals surface area contributed by atoms with E-state index in [1.165, 1.54) is 37.9 Å². The van der Waals surface area contributed by atoms with E-state index < -0.39 is 0 Å². The monoisotopic (exact) mass is 282 g/mol. The van der Waals surface area contributed by atoms with E-state index in [1.807, 2.05) is 0 Å². The van der Waals surface area contributed by atoms with Gasteiger partial charge in [0.1, 0.15) is 11.2 Å². The molecule has 0 atom stereocenters. The molecule has 0 amide bonds. The van der Waals surface area contributed by atoms with E-state index in [1.54, 1.807) is 0 Å². The van der Waals surface area contributed by atoms with Crippen molar-refractivity contribution in [1.82, 2.24) is 0 Å². The maximum absolute atomic E-state index is 6.25. The van der Waals surface area contributed by atoms with Gasteiger partial charge in [-0.3, -0.25) is 0 Å².